The third-order valence-corrected chi connectivity index (χ3v) is 3.96. The number of para-hydroxylation sites is 1. The van der Waals surface area contributed by atoms with E-state index >= 15 is 0 Å². The van der Waals surface area contributed by atoms with E-state index in [1.165, 1.54) is 4.57 Å². The molecule has 0 amide bonds. The molecule has 122 valence electrons. The van der Waals surface area contributed by atoms with Gasteiger partial charge < -0.3 is 4.74 Å². The lowest BCUT2D eigenvalue weighted by atomic mass is 10.2. The molecule has 4 heteroatoms. The maximum absolute atomic E-state index is 12.8. The summed E-state index contributed by atoms with van der Waals surface area (Å²) in [6, 6.07) is 14.5. The lowest BCUT2D eigenvalue weighted by molar-refractivity contribution is 0.0965. The van der Waals surface area contributed by atoms with Crippen molar-refractivity contribution >= 4 is 23.1 Å². The summed E-state index contributed by atoms with van der Waals surface area (Å²) in [5, 5.41) is 0.778. The first kappa shape index (κ1) is 16.0. The van der Waals surface area contributed by atoms with Crippen molar-refractivity contribution in [3.8, 4) is 5.75 Å². The van der Waals surface area contributed by atoms with E-state index in [-0.39, 0.29) is 5.91 Å². The van der Waals surface area contributed by atoms with Crippen molar-refractivity contribution in [1.82, 2.24) is 4.57 Å². The Bertz CT molecular complexity index is 862. The molecule has 0 aliphatic heterocycles. The van der Waals surface area contributed by atoms with Gasteiger partial charge in [0.1, 0.15) is 5.75 Å². The van der Waals surface area contributed by atoms with Gasteiger partial charge in [-0.25, -0.2) is 0 Å². The van der Waals surface area contributed by atoms with Crippen LogP contribution in [0, 0.1) is 0 Å². The summed E-state index contributed by atoms with van der Waals surface area (Å²) in [5.74, 6) is 0.588. The van der Waals surface area contributed by atoms with Crippen molar-refractivity contribution in [2.45, 2.75) is 19.8 Å². The first-order chi connectivity index (χ1) is 11.7. The monoisotopic (exact) mass is 321 g/mol. The Kier molecular flexibility index (Phi) is 4.75. The third-order valence-electron chi connectivity index (χ3n) is 3.96. The maximum Gasteiger partial charge on any atom is 0.262 e. The van der Waals surface area contributed by atoms with Crippen LogP contribution < -0.4 is 4.74 Å². The van der Waals surface area contributed by atoms with E-state index in [9.17, 15) is 9.59 Å². The van der Waals surface area contributed by atoms with Crippen molar-refractivity contribution in [2.24, 2.45) is 0 Å². The number of aldehydes is 1. The highest BCUT2D eigenvalue weighted by Crippen LogP contribution is 2.22. The van der Waals surface area contributed by atoms with Gasteiger partial charge in [0.25, 0.3) is 5.91 Å². The number of carbonyl (C=O) groups excluding carboxylic acids is 2. The maximum atomic E-state index is 12.8. The Balaban J connectivity index is 1.88. The number of ether oxygens (including phenoxy) is 1. The minimum Gasteiger partial charge on any atom is -0.494 e. The third kappa shape index (κ3) is 3.08. The van der Waals surface area contributed by atoms with Gasteiger partial charge in [-0.15, -0.1) is 0 Å². The zero-order chi connectivity index (χ0) is 16.9. The van der Waals surface area contributed by atoms with Crippen LogP contribution in [0.3, 0.4) is 0 Å². The number of hydrogen-bond acceptors (Lipinski definition) is 3. The number of unbranched alkanes of at least 4 members (excludes halogenated alkanes) is 1. The van der Waals surface area contributed by atoms with Crippen molar-refractivity contribution in [2.75, 3.05) is 6.61 Å². The summed E-state index contributed by atoms with van der Waals surface area (Å²) in [6.45, 7) is 2.79. The molecule has 3 rings (SSSR count). The van der Waals surface area contributed by atoms with E-state index in [1.807, 2.05) is 24.3 Å². The summed E-state index contributed by atoms with van der Waals surface area (Å²) in [6.07, 6.45) is 4.45. The van der Waals surface area contributed by atoms with Gasteiger partial charge in [0.05, 0.1) is 12.1 Å². The number of aromatic nitrogens is 1. The van der Waals surface area contributed by atoms with Crippen LogP contribution >= 0.6 is 0 Å². The van der Waals surface area contributed by atoms with Crippen LogP contribution in [-0.2, 0) is 0 Å². The summed E-state index contributed by atoms with van der Waals surface area (Å²) in [4.78, 5) is 24.0. The molecule has 0 aliphatic carbocycles. The standard InChI is InChI=1S/C20H19NO3/c1-2-3-12-24-17-10-8-15(9-11-17)20(23)21-13-16(14-22)18-6-4-5-7-19(18)21/h4-11,13-14H,2-3,12H2,1H3. The molecule has 0 atom stereocenters. The second-order valence-electron chi connectivity index (χ2n) is 5.62. The Morgan fingerprint density at radius 1 is 1.12 bits per heavy atom. The van der Waals surface area contributed by atoms with E-state index in [4.69, 9.17) is 4.74 Å². The fraction of sp³-hybridized carbons (Fsp3) is 0.200. The first-order valence-electron chi connectivity index (χ1n) is 8.07. The Hall–Kier alpha value is -2.88. The van der Waals surface area contributed by atoms with Crippen LogP contribution in [0.5, 0.6) is 5.75 Å². The molecule has 0 saturated heterocycles. The Morgan fingerprint density at radius 3 is 2.58 bits per heavy atom. The van der Waals surface area contributed by atoms with Crippen molar-refractivity contribution < 1.29 is 14.3 Å². The molecule has 3 aromatic rings. The van der Waals surface area contributed by atoms with Crippen molar-refractivity contribution in [1.29, 1.82) is 0 Å². The topological polar surface area (TPSA) is 48.3 Å². The van der Waals surface area contributed by atoms with Crippen LogP contribution in [0.25, 0.3) is 10.9 Å². The van der Waals surface area contributed by atoms with E-state index in [0.29, 0.717) is 17.7 Å². The van der Waals surface area contributed by atoms with E-state index < -0.39 is 0 Å². The second kappa shape index (κ2) is 7.13. The van der Waals surface area contributed by atoms with Crippen LogP contribution in [0.1, 0.15) is 40.5 Å². The highest BCUT2D eigenvalue weighted by atomic mass is 16.5. The fourth-order valence-corrected chi connectivity index (χ4v) is 2.64. The lowest BCUT2D eigenvalue weighted by Gasteiger charge is -2.07. The van der Waals surface area contributed by atoms with Gasteiger partial charge >= 0.3 is 0 Å². The summed E-state index contributed by atoms with van der Waals surface area (Å²) in [5.41, 5.74) is 1.79. The van der Waals surface area contributed by atoms with Gasteiger partial charge in [-0.3, -0.25) is 14.2 Å². The Labute approximate surface area is 140 Å². The van der Waals surface area contributed by atoms with E-state index in [0.717, 1.165) is 35.8 Å². The lowest BCUT2D eigenvalue weighted by Crippen LogP contribution is -2.10. The molecule has 0 saturated carbocycles. The zero-order valence-corrected chi connectivity index (χ0v) is 13.6. The van der Waals surface area contributed by atoms with Gasteiger partial charge in [-0.2, -0.15) is 0 Å². The van der Waals surface area contributed by atoms with Crippen LogP contribution in [0.2, 0.25) is 0 Å². The van der Waals surface area contributed by atoms with Gasteiger partial charge in [0.15, 0.2) is 6.29 Å². The molecule has 0 aliphatic rings. The normalized spacial score (nSPS) is 10.7. The fourth-order valence-electron chi connectivity index (χ4n) is 2.64. The minimum atomic E-state index is -0.167. The number of nitrogens with zero attached hydrogens (tertiary/aromatic N) is 1. The molecule has 0 N–H and O–H groups in total. The number of benzene rings is 2. The number of carbonyl (C=O) groups is 2. The molecular formula is C20H19NO3. The molecule has 4 nitrogen and oxygen atoms in total. The molecule has 24 heavy (non-hydrogen) atoms. The highest BCUT2D eigenvalue weighted by molar-refractivity contribution is 6.06. The molecule has 2 aromatic carbocycles. The summed E-state index contributed by atoms with van der Waals surface area (Å²) >= 11 is 0. The molecule has 0 spiro atoms. The average molecular weight is 321 g/mol. The number of fused-ring (bicyclic) bond motifs is 1. The Morgan fingerprint density at radius 2 is 1.88 bits per heavy atom. The van der Waals surface area contributed by atoms with Gasteiger partial charge in [0.2, 0.25) is 0 Å². The summed E-state index contributed by atoms with van der Waals surface area (Å²) in [7, 11) is 0. The molecule has 0 radical (unpaired) electrons. The SMILES string of the molecule is CCCCOc1ccc(C(=O)n2cc(C=O)c3ccccc32)cc1. The molecule has 0 unspecified atom stereocenters. The van der Waals surface area contributed by atoms with Crippen LogP contribution in [0.15, 0.2) is 54.7 Å². The average Bonchev–Trinajstić information content (AvgIpc) is 3.01. The van der Waals surface area contributed by atoms with Gasteiger partial charge in [-0.1, -0.05) is 31.5 Å². The van der Waals surface area contributed by atoms with Crippen molar-refractivity contribution in [3.05, 3.63) is 65.9 Å². The van der Waals surface area contributed by atoms with Crippen LogP contribution in [-0.4, -0.2) is 23.4 Å². The largest absolute Gasteiger partial charge is 0.494 e. The first-order valence-corrected chi connectivity index (χ1v) is 8.07. The predicted octanol–water partition coefficient (Wildman–Crippen LogP) is 4.32. The molecule has 1 aromatic heterocycles. The number of rotatable bonds is 6. The molecular weight excluding hydrogens is 302 g/mol. The van der Waals surface area contributed by atoms with Crippen LogP contribution in [0.4, 0.5) is 0 Å². The van der Waals surface area contributed by atoms with E-state index in [2.05, 4.69) is 6.92 Å². The van der Waals surface area contributed by atoms with Gasteiger partial charge in [0, 0.05) is 22.7 Å². The van der Waals surface area contributed by atoms with Gasteiger partial charge in [-0.05, 0) is 36.8 Å². The van der Waals surface area contributed by atoms with E-state index in [1.54, 1.807) is 30.5 Å². The predicted molar refractivity (Wildman–Crippen MR) is 93.9 cm³/mol. The minimum absolute atomic E-state index is 0.167. The molecule has 1 heterocycles. The van der Waals surface area contributed by atoms with Crippen molar-refractivity contribution in [3.63, 3.8) is 0 Å². The molecule has 0 fully saturated rings. The highest BCUT2D eigenvalue weighted by Gasteiger charge is 2.14. The molecule has 0 bridgehead atoms. The smallest absolute Gasteiger partial charge is 0.262 e. The zero-order valence-electron chi connectivity index (χ0n) is 13.6. The second-order valence-corrected chi connectivity index (χ2v) is 5.62. The quantitative estimate of drug-likeness (QED) is 0.502. The summed E-state index contributed by atoms with van der Waals surface area (Å²) < 4.78 is 7.13. The number of hydrogen-bond donors (Lipinski definition) is 0.